The van der Waals surface area contributed by atoms with Crippen LogP contribution in [0.15, 0.2) is 16.3 Å². The predicted octanol–water partition coefficient (Wildman–Crippen LogP) is 1.41. The Morgan fingerprint density at radius 2 is 2.05 bits per heavy atom. The third-order valence-corrected chi connectivity index (χ3v) is 5.40. The molecule has 7 nitrogen and oxygen atoms in total. The molecule has 0 unspecified atom stereocenters. The molecule has 0 radical (unpaired) electrons. The molecule has 0 aromatic carbocycles. The zero-order valence-electron chi connectivity index (χ0n) is 11.7. The van der Waals surface area contributed by atoms with Crippen molar-refractivity contribution in [1.82, 2.24) is 4.31 Å². The fourth-order valence-electron chi connectivity index (χ4n) is 1.60. The number of ether oxygens (including phenoxy) is 1. The molecule has 1 aromatic heterocycles. The van der Waals surface area contributed by atoms with E-state index in [4.69, 9.17) is 9.84 Å². The molecule has 1 aromatic rings. The fraction of sp³-hybridized carbons (Fsp3) is 0.500. The van der Waals surface area contributed by atoms with Gasteiger partial charge in [-0.2, -0.15) is 4.31 Å². The average Bonchev–Trinajstić information content (AvgIpc) is 2.89. The predicted molar refractivity (Wildman–Crippen MR) is 77.0 cm³/mol. The van der Waals surface area contributed by atoms with Crippen molar-refractivity contribution >= 4 is 33.3 Å². The van der Waals surface area contributed by atoms with Crippen LogP contribution in [0.3, 0.4) is 0 Å². The van der Waals surface area contributed by atoms with Crippen LogP contribution in [-0.4, -0.2) is 49.5 Å². The normalized spacial score (nSPS) is 11.6. The minimum atomic E-state index is -3.91. The number of carboxylic acids is 1. The van der Waals surface area contributed by atoms with E-state index in [1.54, 1.807) is 13.8 Å². The molecular formula is C12H17NO6S2. The number of sulfonamides is 1. The largest absolute Gasteiger partial charge is 0.477 e. The second kappa shape index (κ2) is 7.53. The lowest BCUT2D eigenvalue weighted by Crippen LogP contribution is -2.36. The summed E-state index contributed by atoms with van der Waals surface area (Å²) in [5.41, 5.74) is 0. The van der Waals surface area contributed by atoms with E-state index in [0.29, 0.717) is 6.42 Å². The smallest absolute Gasteiger partial charge is 0.345 e. The quantitative estimate of drug-likeness (QED) is 0.721. The molecule has 21 heavy (non-hydrogen) atoms. The highest BCUT2D eigenvalue weighted by Gasteiger charge is 2.28. The van der Waals surface area contributed by atoms with Crippen molar-refractivity contribution in [3.63, 3.8) is 0 Å². The van der Waals surface area contributed by atoms with Crippen LogP contribution < -0.4 is 0 Å². The molecule has 0 bridgehead atoms. The maximum absolute atomic E-state index is 12.4. The van der Waals surface area contributed by atoms with E-state index in [0.717, 1.165) is 21.7 Å². The highest BCUT2D eigenvalue weighted by molar-refractivity contribution is 7.89. The SMILES string of the molecule is CCCN(CC(=O)OCC)S(=O)(=O)c1csc(C(=O)O)c1. The van der Waals surface area contributed by atoms with Crippen molar-refractivity contribution in [3.05, 3.63) is 16.3 Å². The number of carbonyl (C=O) groups excluding carboxylic acids is 1. The van der Waals surface area contributed by atoms with Gasteiger partial charge in [0.2, 0.25) is 10.0 Å². The van der Waals surface area contributed by atoms with Crippen LogP contribution in [0.4, 0.5) is 0 Å². The van der Waals surface area contributed by atoms with Crippen LogP contribution in [0.2, 0.25) is 0 Å². The number of esters is 1. The maximum atomic E-state index is 12.4. The summed E-state index contributed by atoms with van der Waals surface area (Å²) in [4.78, 5) is 22.1. The van der Waals surface area contributed by atoms with Gasteiger partial charge in [0.05, 0.1) is 11.5 Å². The monoisotopic (exact) mass is 335 g/mol. The molecule has 1 N–H and O–H groups in total. The molecule has 0 aliphatic carbocycles. The Bertz CT molecular complexity index is 607. The number of rotatable bonds is 8. The maximum Gasteiger partial charge on any atom is 0.345 e. The minimum Gasteiger partial charge on any atom is -0.477 e. The number of carboxylic acid groups (broad SMARTS) is 1. The van der Waals surface area contributed by atoms with Crippen LogP contribution >= 0.6 is 11.3 Å². The molecular weight excluding hydrogens is 318 g/mol. The van der Waals surface area contributed by atoms with Gasteiger partial charge in [0.25, 0.3) is 0 Å². The number of thiophene rings is 1. The van der Waals surface area contributed by atoms with Crippen LogP contribution in [-0.2, 0) is 19.6 Å². The Balaban J connectivity index is 3.03. The van der Waals surface area contributed by atoms with Crippen molar-refractivity contribution in [2.24, 2.45) is 0 Å². The molecule has 0 spiro atoms. The van der Waals surface area contributed by atoms with Gasteiger partial charge >= 0.3 is 11.9 Å². The number of hydrogen-bond donors (Lipinski definition) is 1. The Morgan fingerprint density at radius 1 is 1.38 bits per heavy atom. The fourth-order valence-corrected chi connectivity index (χ4v) is 4.18. The number of aromatic carboxylic acids is 1. The van der Waals surface area contributed by atoms with Gasteiger partial charge in [0.1, 0.15) is 11.4 Å². The van der Waals surface area contributed by atoms with Crippen molar-refractivity contribution in [2.75, 3.05) is 19.7 Å². The van der Waals surface area contributed by atoms with Gasteiger partial charge in [-0.3, -0.25) is 4.79 Å². The van der Waals surface area contributed by atoms with Gasteiger partial charge in [-0.1, -0.05) is 6.92 Å². The molecule has 0 atom stereocenters. The first kappa shape index (κ1) is 17.6. The zero-order valence-corrected chi connectivity index (χ0v) is 13.4. The lowest BCUT2D eigenvalue weighted by molar-refractivity contribution is -0.143. The standard InChI is InChI=1S/C12H17NO6S2/c1-3-5-13(7-11(14)19-4-2)21(17,18)9-6-10(12(15)16)20-8-9/h6,8H,3-5,7H2,1-2H3,(H,15,16). The summed E-state index contributed by atoms with van der Waals surface area (Å²) < 4.78 is 30.6. The minimum absolute atomic E-state index is 0.0684. The Hall–Kier alpha value is -1.45. The summed E-state index contributed by atoms with van der Waals surface area (Å²) in [7, 11) is -3.91. The van der Waals surface area contributed by atoms with E-state index in [2.05, 4.69) is 0 Å². The van der Waals surface area contributed by atoms with E-state index in [1.165, 1.54) is 5.38 Å². The first-order valence-electron chi connectivity index (χ1n) is 6.30. The number of nitrogens with zero attached hydrogens (tertiary/aromatic N) is 1. The third kappa shape index (κ3) is 4.51. The molecule has 0 saturated carbocycles. The van der Waals surface area contributed by atoms with E-state index in [-0.39, 0.29) is 29.5 Å². The number of carbonyl (C=O) groups is 2. The molecule has 0 aliphatic heterocycles. The molecule has 1 heterocycles. The van der Waals surface area contributed by atoms with E-state index < -0.39 is 22.0 Å². The van der Waals surface area contributed by atoms with Gasteiger partial charge < -0.3 is 9.84 Å². The van der Waals surface area contributed by atoms with Crippen LogP contribution in [0.5, 0.6) is 0 Å². The van der Waals surface area contributed by atoms with Crippen molar-refractivity contribution in [1.29, 1.82) is 0 Å². The summed E-state index contributed by atoms with van der Waals surface area (Å²) in [5, 5.41) is 10.1. The molecule has 0 saturated heterocycles. The van der Waals surface area contributed by atoms with Crippen LogP contribution in [0, 0.1) is 0 Å². The van der Waals surface area contributed by atoms with Gasteiger partial charge in [-0.15, -0.1) is 11.3 Å². The topological polar surface area (TPSA) is 101 Å². The van der Waals surface area contributed by atoms with Gasteiger partial charge in [-0.25, -0.2) is 13.2 Å². The highest BCUT2D eigenvalue weighted by Crippen LogP contribution is 2.23. The molecule has 0 aliphatic rings. The van der Waals surface area contributed by atoms with Crippen molar-refractivity contribution < 1.29 is 27.9 Å². The second-order valence-corrected chi connectivity index (χ2v) is 6.94. The summed E-state index contributed by atoms with van der Waals surface area (Å²) in [6.07, 6.45) is 0.522. The Kier molecular flexibility index (Phi) is 6.31. The molecule has 1 rings (SSSR count). The number of hydrogen-bond acceptors (Lipinski definition) is 6. The zero-order chi connectivity index (χ0) is 16.0. The second-order valence-electron chi connectivity index (χ2n) is 4.10. The Morgan fingerprint density at radius 3 is 2.52 bits per heavy atom. The summed E-state index contributed by atoms with van der Waals surface area (Å²) in [5.74, 6) is -1.82. The molecule has 0 amide bonds. The average molecular weight is 335 g/mol. The summed E-state index contributed by atoms with van der Waals surface area (Å²) in [6, 6.07) is 1.09. The summed E-state index contributed by atoms with van der Waals surface area (Å²) in [6.45, 7) is 3.35. The van der Waals surface area contributed by atoms with Gasteiger partial charge in [0, 0.05) is 11.9 Å². The first-order chi connectivity index (χ1) is 9.82. The van der Waals surface area contributed by atoms with Crippen molar-refractivity contribution in [2.45, 2.75) is 25.2 Å². The van der Waals surface area contributed by atoms with Gasteiger partial charge in [-0.05, 0) is 19.4 Å². The molecule has 118 valence electrons. The van der Waals surface area contributed by atoms with E-state index >= 15 is 0 Å². The van der Waals surface area contributed by atoms with Gasteiger partial charge in [0.15, 0.2) is 0 Å². The lowest BCUT2D eigenvalue weighted by Gasteiger charge is -2.19. The van der Waals surface area contributed by atoms with E-state index in [1.807, 2.05) is 0 Å². The molecule has 0 fully saturated rings. The lowest BCUT2D eigenvalue weighted by atomic mass is 10.5. The molecule has 9 heteroatoms. The van der Waals surface area contributed by atoms with Crippen molar-refractivity contribution in [3.8, 4) is 0 Å². The Labute approximate surface area is 127 Å². The van der Waals surface area contributed by atoms with E-state index in [9.17, 15) is 18.0 Å². The van der Waals surface area contributed by atoms with Crippen LogP contribution in [0.1, 0.15) is 29.9 Å². The van der Waals surface area contributed by atoms with Crippen LogP contribution in [0.25, 0.3) is 0 Å². The first-order valence-corrected chi connectivity index (χ1v) is 8.62. The third-order valence-electron chi connectivity index (χ3n) is 2.51. The summed E-state index contributed by atoms with van der Waals surface area (Å²) >= 11 is 0.828. The highest BCUT2D eigenvalue weighted by atomic mass is 32.2.